The molecule has 0 N–H and O–H groups in total. The van der Waals surface area contributed by atoms with E-state index in [2.05, 4.69) is 6.92 Å². The third-order valence-corrected chi connectivity index (χ3v) is 4.36. The van der Waals surface area contributed by atoms with Gasteiger partial charge in [0.25, 0.3) is 0 Å². The molecule has 0 saturated carbocycles. The second kappa shape index (κ2) is 7.44. The molecule has 0 atom stereocenters. The molecular weight excluding hydrogens is 290 g/mol. The Labute approximate surface area is 138 Å². The lowest BCUT2D eigenvalue weighted by atomic mass is 9.94. The topological polar surface area (TPSA) is 46.6 Å². The summed E-state index contributed by atoms with van der Waals surface area (Å²) in [6.45, 7) is 9.56. The van der Waals surface area contributed by atoms with Gasteiger partial charge in [0.2, 0.25) is 0 Å². The number of aldehydes is 1. The van der Waals surface area contributed by atoms with Gasteiger partial charge in [0.15, 0.2) is 6.29 Å². The third kappa shape index (κ3) is 3.16. The fourth-order valence-corrected chi connectivity index (χ4v) is 3.33. The molecule has 1 amide bonds. The Morgan fingerprint density at radius 2 is 2.09 bits per heavy atom. The molecule has 1 aromatic rings. The van der Waals surface area contributed by atoms with Crippen molar-refractivity contribution in [1.82, 2.24) is 4.90 Å². The highest BCUT2D eigenvalue weighted by Gasteiger charge is 2.31. The van der Waals surface area contributed by atoms with Gasteiger partial charge >= 0.3 is 6.09 Å². The van der Waals surface area contributed by atoms with Crippen LogP contribution >= 0.6 is 0 Å². The maximum absolute atomic E-state index is 11.9. The third-order valence-electron chi connectivity index (χ3n) is 4.36. The van der Waals surface area contributed by atoms with E-state index in [0.29, 0.717) is 19.7 Å². The second-order valence-corrected chi connectivity index (χ2v) is 5.57. The quantitative estimate of drug-likeness (QED) is 0.775. The average Bonchev–Trinajstić information content (AvgIpc) is 2.97. The number of aryl methyl sites for hydroxylation is 1. The zero-order valence-corrected chi connectivity index (χ0v) is 14.4. The number of rotatable bonds is 2. The summed E-state index contributed by atoms with van der Waals surface area (Å²) in [4.78, 5) is 24.9. The van der Waals surface area contributed by atoms with Crippen LogP contribution in [-0.2, 0) is 11.2 Å². The highest BCUT2D eigenvalue weighted by molar-refractivity contribution is 5.91. The molecule has 2 aliphatic rings. The first-order chi connectivity index (χ1) is 11.2. The molecule has 3 rings (SSSR count). The molecule has 1 aromatic carbocycles. The van der Waals surface area contributed by atoms with Crippen molar-refractivity contribution in [3.63, 3.8) is 0 Å². The van der Waals surface area contributed by atoms with Crippen LogP contribution in [-0.4, -0.2) is 37.0 Å². The van der Waals surface area contributed by atoms with E-state index in [4.69, 9.17) is 4.74 Å². The van der Waals surface area contributed by atoms with Crippen LogP contribution in [0.25, 0.3) is 5.57 Å². The minimum absolute atomic E-state index is 0.243. The summed E-state index contributed by atoms with van der Waals surface area (Å²) in [6.07, 6.45) is 2.33. The summed E-state index contributed by atoms with van der Waals surface area (Å²) < 4.78 is 5.08. The largest absolute Gasteiger partial charge is 0.450 e. The lowest BCUT2D eigenvalue weighted by Gasteiger charge is -2.27. The molecule has 0 saturated heterocycles. The maximum Gasteiger partial charge on any atom is 0.410 e. The predicted molar refractivity (Wildman–Crippen MR) is 91.8 cm³/mol. The molecule has 23 heavy (non-hydrogen) atoms. The van der Waals surface area contributed by atoms with E-state index in [1.807, 2.05) is 32.9 Å². The highest BCUT2D eigenvalue weighted by atomic mass is 16.6. The Hall–Kier alpha value is -2.10. The van der Waals surface area contributed by atoms with Gasteiger partial charge in [-0.3, -0.25) is 4.79 Å². The Morgan fingerprint density at radius 3 is 2.74 bits per heavy atom. The van der Waals surface area contributed by atoms with Crippen LogP contribution in [0.4, 0.5) is 4.79 Å². The normalized spacial score (nSPS) is 15.4. The van der Waals surface area contributed by atoms with Gasteiger partial charge in [-0.15, -0.1) is 0 Å². The zero-order chi connectivity index (χ0) is 17.0. The summed E-state index contributed by atoms with van der Waals surface area (Å²) in [6, 6.07) is 3.90. The molecule has 0 radical (unpaired) electrons. The van der Waals surface area contributed by atoms with E-state index in [-0.39, 0.29) is 6.09 Å². The van der Waals surface area contributed by atoms with Crippen molar-refractivity contribution in [1.29, 1.82) is 0 Å². The number of benzene rings is 1. The molecule has 0 bridgehead atoms. The Kier molecular flexibility index (Phi) is 5.59. The van der Waals surface area contributed by atoms with Crippen LogP contribution in [0.3, 0.4) is 0 Å². The van der Waals surface area contributed by atoms with E-state index in [0.717, 1.165) is 30.3 Å². The number of hydrogen-bond acceptors (Lipinski definition) is 3. The van der Waals surface area contributed by atoms with E-state index in [1.54, 1.807) is 4.90 Å². The van der Waals surface area contributed by atoms with Gasteiger partial charge in [-0.1, -0.05) is 26.0 Å². The maximum atomic E-state index is 11.9. The SMILES string of the molecule is CC.CCOC(=O)N1CCC2=C(Cc3c(C)ccc(C=O)c32)C1. The molecule has 0 unspecified atom stereocenters. The first kappa shape index (κ1) is 17.3. The smallest absolute Gasteiger partial charge is 0.410 e. The Bertz CT molecular complexity index is 646. The van der Waals surface area contributed by atoms with Gasteiger partial charge < -0.3 is 9.64 Å². The fraction of sp³-hybridized carbons (Fsp3) is 0.474. The number of ether oxygens (including phenoxy) is 1. The predicted octanol–water partition coefficient (Wildman–Crippen LogP) is 4.01. The van der Waals surface area contributed by atoms with Crippen molar-refractivity contribution in [2.45, 2.75) is 40.5 Å². The van der Waals surface area contributed by atoms with Gasteiger partial charge in [0, 0.05) is 18.7 Å². The van der Waals surface area contributed by atoms with Crippen molar-refractivity contribution in [2.24, 2.45) is 0 Å². The van der Waals surface area contributed by atoms with E-state index in [1.165, 1.54) is 22.3 Å². The van der Waals surface area contributed by atoms with Crippen molar-refractivity contribution in [3.8, 4) is 0 Å². The van der Waals surface area contributed by atoms with Crippen molar-refractivity contribution >= 4 is 18.0 Å². The number of hydrogen-bond donors (Lipinski definition) is 0. The number of nitrogens with zero attached hydrogens (tertiary/aromatic N) is 1. The van der Waals surface area contributed by atoms with E-state index in [9.17, 15) is 9.59 Å². The van der Waals surface area contributed by atoms with Gasteiger partial charge in [-0.05, 0) is 54.5 Å². The van der Waals surface area contributed by atoms with Crippen molar-refractivity contribution < 1.29 is 14.3 Å². The Balaban J connectivity index is 0.000000924. The molecule has 0 aromatic heterocycles. The van der Waals surface area contributed by atoms with Crippen LogP contribution in [0.2, 0.25) is 0 Å². The first-order valence-electron chi connectivity index (χ1n) is 8.36. The van der Waals surface area contributed by atoms with E-state index >= 15 is 0 Å². The summed E-state index contributed by atoms with van der Waals surface area (Å²) in [7, 11) is 0. The molecule has 1 aliphatic carbocycles. The zero-order valence-electron chi connectivity index (χ0n) is 14.4. The van der Waals surface area contributed by atoms with Crippen LogP contribution in [0.15, 0.2) is 17.7 Å². The summed E-state index contributed by atoms with van der Waals surface area (Å²) in [5.41, 5.74) is 6.86. The molecular formula is C19H25NO3. The van der Waals surface area contributed by atoms with Crippen LogP contribution in [0.1, 0.15) is 54.2 Å². The molecule has 4 heteroatoms. The molecule has 4 nitrogen and oxygen atoms in total. The molecule has 0 fully saturated rings. The Morgan fingerprint density at radius 1 is 1.35 bits per heavy atom. The number of amides is 1. The standard InChI is InChI=1S/C17H19NO3.C2H6/c1-3-21-17(20)18-7-6-14-13(9-18)8-15-11(2)4-5-12(10-19)16(14)15;1-2/h4-5,10H,3,6-9H2,1-2H3;1-2H3. The van der Waals surface area contributed by atoms with E-state index < -0.39 is 0 Å². The fourth-order valence-electron chi connectivity index (χ4n) is 3.33. The summed E-state index contributed by atoms with van der Waals surface area (Å²) in [5.74, 6) is 0. The average molecular weight is 315 g/mol. The van der Waals surface area contributed by atoms with Crippen LogP contribution < -0.4 is 0 Å². The molecule has 1 aliphatic heterocycles. The molecule has 124 valence electrons. The summed E-state index contributed by atoms with van der Waals surface area (Å²) in [5, 5.41) is 0. The number of fused-ring (bicyclic) bond motifs is 2. The van der Waals surface area contributed by atoms with Crippen LogP contribution in [0.5, 0.6) is 0 Å². The van der Waals surface area contributed by atoms with Gasteiger partial charge in [-0.2, -0.15) is 0 Å². The number of carbonyl (C=O) groups excluding carboxylic acids is 2. The van der Waals surface area contributed by atoms with Gasteiger partial charge in [-0.25, -0.2) is 4.79 Å². The summed E-state index contributed by atoms with van der Waals surface area (Å²) >= 11 is 0. The second-order valence-electron chi connectivity index (χ2n) is 5.57. The highest BCUT2D eigenvalue weighted by Crippen LogP contribution is 2.41. The molecule has 1 heterocycles. The molecule has 0 spiro atoms. The van der Waals surface area contributed by atoms with Gasteiger partial charge in [0.1, 0.15) is 0 Å². The van der Waals surface area contributed by atoms with Crippen LogP contribution in [0, 0.1) is 6.92 Å². The minimum atomic E-state index is -0.243. The minimum Gasteiger partial charge on any atom is -0.450 e. The first-order valence-corrected chi connectivity index (χ1v) is 8.36. The van der Waals surface area contributed by atoms with Gasteiger partial charge in [0.05, 0.1) is 6.61 Å². The number of carbonyl (C=O) groups is 2. The van der Waals surface area contributed by atoms with Crippen molar-refractivity contribution in [3.05, 3.63) is 40.0 Å². The lowest BCUT2D eigenvalue weighted by Crippen LogP contribution is -2.36. The lowest BCUT2D eigenvalue weighted by molar-refractivity contribution is 0.109. The van der Waals surface area contributed by atoms with Crippen molar-refractivity contribution in [2.75, 3.05) is 19.7 Å². The monoisotopic (exact) mass is 315 g/mol.